The third-order valence-corrected chi connectivity index (χ3v) is 11.5. The second-order valence-corrected chi connectivity index (χ2v) is 15.6. The largest absolute Gasteiger partial charge is 0.511 e. The van der Waals surface area contributed by atoms with Gasteiger partial charge in [0.1, 0.15) is 11.2 Å². The number of allylic oxidation sites excluding steroid dienone is 2. The van der Waals surface area contributed by atoms with Gasteiger partial charge in [-0.05, 0) is 71.7 Å². The molecule has 1 N–H and O–H groups in total. The number of para-hydroxylation sites is 2. The van der Waals surface area contributed by atoms with E-state index < -0.39 is 23.1 Å². The maximum Gasteiger partial charge on any atom is 0.401 e. The molecule has 4 nitrogen and oxygen atoms in total. The molecule has 0 fully saturated rings. The standard InChI is InChI=1S/C33H32BN2.C14H23F3O2.Ir/c1-20(2)25-11-9-12-26(21(3)4)31(25)34-27-13-7-8-16-30(27)36-32-28(34)14-10-15-29(32)35-33(36)24-18-22(5)17-23(6)19-24;1-5-10(6-2)11(18)9-12(19)13(7-3,8-4)14(15,16)17;/h7-18,20-21H,1-6H3;9-10,19H,5-8H2,1-4H3;/q-1;;/b;12-9-;. The zero-order valence-corrected chi connectivity index (χ0v) is 36.8. The van der Waals surface area contributed by atoms with Crippen molar-refractivity contribution in [1.29, 1.82) is 0 Å². The van der Waals surface area contributed by atoms with Gasteiger partial charge in [0.15, 0.2) is 5.78 Å². The van der Waals surface area contributed by atoms with Gasteiger partial charge < -0.3 is 9.67 Å². The molecule has 1 aliphatic heterocycles. The molecule has 6 rings (SSSR count). The van der Waals surface area contributed by atoms with Gasteiger partial charge in [0.05, 0.1) is 16.9 Å². The summed E-state index contributed by atoms with van der Waals surface area (Å²) in [6, 6.07) is 30.4. The number of carbonyl (C=O) groups excluding carboxylic acids is 1. The van der Waals surface area contributed by atoms with E-state index in [4.69, 9.17) is 4.98 Å². The van der Waals surface area contributed by atoms with Gasteiger partial charge in [-0.25, -0.2) is 0 Å². The first kappa shape index (κ1) is 44.8. The monoisotopic (exact) mass is 940 g/mol. The molecule has 5 aromatic rings. The molecule has 299 valence electrons. The van der Waals surface area contributed by atoms with Crippen LogP contribution in [0.5, 0.6) is 0 Å². The minimum atomic E-state index is -4.56. The summed E-state index contributed by atoms with van der Waals surface area (Å²) in [6.07, 6.45) is -3.26. The fourth-order valence-corrected chi connectivity index (χ4v) is 8.41. The van der Waals surface area contributed by atoms with E-state index in [0.29, 0.717) is 24.7 Å². The van der Waals surface area contributed by atoms with Crippen LogP contribution in [-0.2, 0) is 24.9 Å². The number of nitrogens with zero attached hydrogens (tertiary/aromatic N) is 2. The summed E-state index contributed by atoms with van der Waals surface area (Å²) in [5.74, 6) is 0.229. The molecule has 56 heavy (non-hydrogen) atoms. The molecule has 0 amide bonds. The maximum absolute atomic E-state index is 13.1. The number of aryl methyl sites for hydroxylation is 2. The fraction of sp³-hybridized carbons (Fsp3) is 0.404. The Morgan fingerprint density at radius 3 is 1.96 bits per heavy atom. The van der Waals surface area contributed by atoms with Crippen LogP contribution in [0.15, 0.2) is 84.6 Å². The Hall–Kier alpha value is -3.94. The molecule has 1 aromatic heterocycles. The Balaban J connectivity index is 0.000000299. The van der Waals surface area contributed by atoms with E-state index in [-0.39, 0.29) is 45.6 Å². The Morgan fingerprint density at radius 2 is 1.43 bits per heavy atom. The number of benzene rings is 4. The van der Waals surface area contributed by atoms with E-state index in [0.717, 1.165) is 28.5 Å². The van der Waals surface area contributed by atoms with Crippen molar-refractivity contribution in [2.75, 3.05) is 0 Å². The second-order valence-electron chi connectivity index (χ2n) is 15.6. The molecule has 1 radical (unpaired) electrons. The van der Waals surface area contributed by atoms with E-state index in [1.54, 1.807) is 13.8 Å². The number of hydrogen-bond donors (Lipinski definition) is 1. The van der Waals surface area contributed by atoms with Gasteiger partial charge in [0.2, 0.25) is 6.71 Å². The smallest absolute Gasteiger partial charge is 0.401 e. The maximum atomic E-state index is 13.1. The molecule has 9 heteroatoms. The molecular weight excluding hydrogens is 885 g/mol. The average molecular weight is 940 g/mol. The predicted octanol–water partition coefficient (Wildman–Crippen LogP) is 11.0. The van der Waals surface area contributed by atoms with E-state index in [9.17, 15) is 23.1 Å². The van der Waals surface area contributed by atoms with Crippen molar-refractivity contribution < 1.29 is 43.2 Å². The molecule has 0 spiro atoms. The topological polar surface area (TPSA) is 55.1 Å². The van der Waals surface area contributed by atoms with Crippen molar-refractivity contribution in [1.82, 2.24) is 9.55 Å². The summed E-state index contributed by atoms with van der Waals surface area (Å²) < 4.78 is 41.8. The Kier molecular flexibility index (Phi) is 14.5. The molecule has 2 heterocycles. The van der Waals surface area contributed by atoms with Crippen LogP contribution in [0.2, 0.25) is 0 Å². The first-order valence-corrected chi connectivity index (χ1v) is 19.8. The summed E-state index contributed by atoms with van der Waals surface area (Å²) in [5, 5.41) is 9.83. The Labute approximate surface area is 345 Å². The Bertz CT molecular complexity index is 2150. The van der Waals surface area contributed by atoms with Gasteiger partial charge in [-0.3, -0.25) is 9.78 Å². The molecule has 0 unspecified atom stereocenters. The van der Waals surface area contributed by atoms with E-state index in [1.807, 2.05) is 0 Å². The molecular formula is C47H55BF3IrN2O2-. The van der Waals surface area contributed by atoms with Gasteiger partial charge in [-0.2, -0.15) is 13.2 Å². The number of imidazole rings is 1. The van der Waals surface area contributed by atoms with Crippen LogP contribution in [0.25, 0.3) is 28.1 Å². The molecule has 1 aliphatic rings. The molecule has 0 aliphatic carbocycles. The van der Waals surface area contributed by atoms with E-state index >= 15 is 0 Å². The number of carbonyl (C=O) groups is 1. The van der Waals surface area contributed by atoms with Crippen LogP contribution in [0.1, 0.15) is 115 Å². The summed E-state index contributed by atoms with van der Waals surface area (Å²) in [4.78, 5) is 17.0. The first-order chi connectivity index (χ1) is 26.0. The van der Waals surface area contributed by atoms with Gasteiger partial charge >= 0.3 is 6.18 Å². The first-order valence-electron chi connectivity index (χ1n) is 19.8. The fourth-order valence-electron chi connectivity index (χ4n) is 8.41. The minimum Gasteiger partial charge on any atom is -0.511 e. The third-order valence-electron chi connectivity index (χ3n) is 11.5. The summed E-state index contributed by atoms with van der Waals surface area (Å²) >= 11 is 0. The minimum absolute atomic E-state index is 0. The van der Waals surface area contributed by atoms with Crippen molar-refractivity contribution in [2.24, 2.45) is 11.3 Å². The number of fused-ring (bicyclic) bond motifs is 2. The number of aliphatic hydroxyl groups is 1. The Morgan fingerprint density at radius 1 is 0.857 bits per heavy atom. The van der Waals surface area contributed by atoms with E-state index in [1.165, 1.54) is 58.1 Å². The van der Waals surface area contributed by atoms with Crippen LogP contribution in [0, 0.1) is 31.2 Å². The number of aromatic nitrogens is 2. The van der Waals surface area contributed by atoms with Crippen LogP contribution < -0.4 is 16.4 Å². The van der Waals surface area contributed by atoms with Crippen LogP contribution in [-0.4, -0.2) is 33.3 Å². The van der Waals surface area contributed by atoms with Crippen molar-refractivity contribution >= 4 is 39.9 Å². The van der Waals surface area contributed by atoms with Crippen molar-refractivity contribution in [3.63, 3.8) is 0 Å². The SMILES string of the molecule is CCC(CC)C(=O)/C=C(\O)C(CC)(CC)C(F)(F)F.Cc1[c-]c(-c2nc3cccc4c3n2-c2ccccc2B4c2c(C(C)C)cccc2C(C)C)cc(C)c1.[Ir]. The second kappa shape index (κ2) is 18.1. The van der Waals surface area contributed by atoms with Gasteiger partial charge in [0, 0.05) is 37.8 Å². The van der Waals surface area contributed by atoms with Crippen LogP contribution in [0.4, 0.5) is 13.2 Å². The molecule has 4 aromatic carbocycles. The van der Waals surface area contributed by atoms with Crippen LogP contribution >= 0.6 is 0 Å². The summed E-state index contributed by atoms with van der Waals surface area (Å²) in [6.45, 7) is 20.0. The van der Waals surface area contributed by atoms with Crippen molar-refractivity contribution in [3.05, 3.63) is 113 Å². The zero-order chi connectivity index (χ0) is 40.4. The number of ketones is 1. The number of rotatable bonds is 11. The molecule has 0 bridgehead atoms. The number of aliphatic hydroxyl groups excluding tert-OH is 1. The molecule has 0 saturated carbocycles. The van der Waals surface area contributed by atoms with Gasteiger partial charge in [-0.1, -0.05) is 123 Å². The number of alkyl halides is 3. The summed E-state index contributed by atoms with van der Waals surface area (Å²) in [5.41, 5.74) is 11.6. The molecule has 0 saturated heterocycles. The quantitative estimate of drug-likeness (QED) is 0.0609. The number of halogens is 3. The number of hydrogen-bond acceptors (Lipinski definition) is 3. The molecule has 0 atom stereocenters. The van der Waals surface area contributed by atoms with Gasteiger partial charge in [-0.15, -0.1) is 34.9 Å². The van der Waals surface area contributed by atoms with Crippen molar-refractivity contribution in [2.45, 2.75) is 113 Å². The van der Waals surface area contributed by atoms with E-state index in [2.05, 4.69) is 125 Å². The predicted molar refractivity (Wildman–Crippen MR) is 223 cm³/mol. The zero-order valence-electron chi connectivity index (χ0n) is 34.4. The van der Waals surface area contributed by atoms with Crippen molar-refractivity contribution in [3.8, 4) is 17.1 Å². The normalized spacial score (nSPS) is 12.9. The van der Waals surface area contributed by atoms with Gasteiger partial charge in [0.25, 0.3) is 0 Å². The summed E-state index contributed by atoms with van der Waals surface area (Å²) in [7, 11) is 0. The van der Waals surface area contributed by atoms with Crippen LogP contribution in [0.3, 0.4) is 0 Å². The third kappa shape index (κ3) is 8.36. The average Bonchev–Trinajstić information content (AvgIpc) is 3.53.